The molecule has 3 aromatic rings. The lowest BCUT2D eigenvalue weighted by molar-refractivity contribution is -0.384. The van der Waals surface area contributed by atoms with Crippen molar-refractivity contribution in [2.24, 2.45) is 0 Å². The summed E-state index contributed by atoms with van der Waals surface area (Å²) in [4.78, 5) is 10.1. The average molecular weight is 231 g/mol. The van der Waals surface area contributed by atoms with E-state index in [1.54, 1.807) is 12.1 Å². The van der Waals surface area contributed by atoms with Crippen molar-refractivity contribution in [2.45, 2.75) is 0 Å². The van der Waals surface area contributed by atoms with E-state index >= 15 is 0 Å². The highest BCUT2D eigenvalue weighted by Crippen LogP contribution is 2.31. The maximum absolute atomic E-state index is 13.0. The molecule has 4 nitrogen and oxygen atoms in total. The molecular weight excluding hydrogens is 225 g/mol. The fourth-order valence-electron chi connectivity index (χ4n) is 1.85. The third-order valence-electron chi connectivity index (χ3n) is 2.63. The number of halogens is 1. The second kappa shape index (κ2) is 3.28. The van der Waals surface area contributed by atoms with Crippen LogP contribution >= 0.6 is 0 Å². The first kappa shape index (κ1) is 9.77. The second-order valence-corrected chi connectivity index (χ2v) is 3.68. The van der Waals surface area contributed by atoms with E-state index in [4.69, 9.17) is 4.42 Å². The van der Waals surface area contributed by atoms with Crippen LogP contribution in [-0.4, -0.2) is 4.92 Å². The molecular formula is C12H6FNO3. The first-order valence-corrected chi connectivity index (χ1v) is 4.91. The molecule has 0 saturated heterocycles. The number of furan rings is 1. The molecule has 1 aromatic heterocycles. The van der Waals surface area contributed by atoms with Gasteiger partial charge in [-0.2, -0.15) is 0 Å². The molecule has 1 heterocycles. The van der Waals surface area contributed by atoms with Crippen LogP contribution in [-0.2, 0) is 0 Å². The van der Waals surface area contributed by atoms with Crippen LogP contribution in [0.2, 0.25) is 0 Å². The predicted molar refractivity (Wildman–Crippen MR) is 60.3 cm³/mol. The third kappa shape index (κ3) is 1.44. The van der Waals surface area contributed by atoms with E-state index in [2.05, 4.69) is 0 Å². The zero-order chi connectivity index (χ0) is 12.0. The molecule has 0 saturated carbocycles. The van der Waals surface area contributed by atoms with Crippen molar-refractivity contribution < 1.29 is 13.7 Å². The van der Waals surface area contributed by atoms with Crippen LogP contribution in [0, 0.1) is 15.9 Å². The molecule has 0 radical (unpaired) electrons. The van der Waals surface area contributed by atoms with Crippen LogP contribution in [0.15, 0.2) is 40.8 Å². The Hall–Kier alpha value is -2.43. The molecule has 0 N–H and O–H groups in total. The summed E-state index contributed by atoms with van der Waals surface area (Å²) in [5.41, 5.74) is 0.734. The van der Waals surface area contributed by atoms with E-state index in [0.717, 1.165) is 10.8 Å². The summed E-state index contributed by atoms with van der Waals surface area (Å²) in [5.74, 6) is -0.397. The number of hydrogen-bond donors (Lipinski definition) is 0. The van der Waals surface area contributed by atoms with E-state index in [0.29, 0.717) is 11.2 Å². The van der Waals surface area contributed by atoms with Gasteiger partial charge < -0.3 is 4.42 Å². The fourth-order valence-corrected chi connectivity index (χ4v) is 1.85. The van der Waals surface area contributed by atoms with Crippen molar-refractivity contribution in [1.82, 2.24) is 0 Å². The van der Waals surface area contributed by atoms with Crippen LogP contribution in [0.4, 0.5) is 10.1 Å². The molecule has 0 spiro atoms. The Morgan fingerprint density at radius 3 is 2.41 bits per heavy atom. The molecule has 0 bridgehead atoms. The lowest BCUT2D eigenvalue weighted by Gasteiger charge is -1.90. The number of nitro benzene ring substituents is 1. The van der Waals surface area contributed by atoms with E-state index in [-0.39, 0.29) is 5.69 Å². The normalized spacial score (nSPS) is 11.1. The number of nitro groups is 1. The summed E-state index contributed by atoms with van der Waals surface area (Å²) in [6.45, 7) is 0. The molecule has 84 valence electrons. The summed E-state index contributed by atoms with van der Waals surface area (Å²) in [6, 6.07) is 8.55. The largest absolute Gasteiger partial charge is 0.456 e. The monoisotopic (exact) mass is 231 g/mol. The zero-order valence-corrected chi connectivity index (χ0v) is 8.51. The first-order valence-electron chi connectivity index (χ1n) is 4.91. The lowest BCUT2D eigenvalue weighted by Crippen LogP contribution is -1.85. The fraction of sp³-hybridized carbons (Fsp3) is 0. The molecule has 0 unspecified atom stereocenters. The van der Waals surface area contributed by atoms with Crippen molar-refractivity contribution in [2.75, 3.05) is 0 Å². The lowest BCUT2D eigenvalue weighted by atomic mass is 10.1. The first-order chi connectivity index (χ1) is 8.15. The molecule has 0 aliphatic carbocycles. The minimum absolute atomic E-state index is 0.0444. The number of fused-ring (bicyclic) bond motifs is 3. The van der Waals surface area contributed by atoms with E-state index in [1.807, 2.05) is 0 Å². The van der Waals surface area contributed by atoms with Crippen LogP contribution in [0.3, 0.4) is 0 Å². The average Bonchev–Trinajstić information content (AvgIpc) is 2.64. The number of non-ortho nitro benzene ring substituents is 1. The van der Waals surface area contributed by atoms with Gasteiger partial charge in [-0.05, 0) is 18.2 Å². The highest BCUT2D eigenvalue weighted by molar-refractivity contribution is 6.05. The van der Waals surface area contributed by atoms with Gasteiger partial charge in [-0.15, -0.1) is 0 Å². The summed E-state index contributed by atoms with van der Waals surface area (Å²) in [6.07, 6.45) is 0. The molecule has 0 aliphatic rings. The Balaban J connectivity index is 2.38. The smallest absolute Gasteiger partial charge is 0.273 e. The Bertz CT molecular complexity index is 748. The van der Waals surface area contributed by atoms with Crippen molar-refractivity contribution in [3.05, 3.63) is 52.3 Å². The Labute approximate surface area is 94.4 Å². The van der Waals surface area contributed by atoms with Gasteiger partial charge in [0.1, 0.15) is 17.0 Å². The molecule has 5 heteroatoms. The molecule has 3 rings (SSSR count). The summed E-state index contributed by atoms with van der Waals surface area (Å²) >= 11 is 0. The third-order valence-corrected chi connectivity index (χ3v) is 2.63. The maximum Gasteiger partial charge on any atom is 0.273 e. The topological polar surface area (TPSA) is 56.3 Å². The maximum atomic E-state index is 13.0. The Kier molecular flexibility index (Phi) is 1.89. The molecule has 0 aliphatic heterocycles. The van der Waals surface area contributed by atoms with Gasteiger partial charge in [0.2, 0.25) is 0 Å². The number of benzene rings is 2. The van der Waals surface area contributed by atoms with Crippen LogP contribution in [0.25, 0.3) is 21.9 Å². The number of hydrogen-bond acceptors (Lipinski definition) is 3. The molecule has 2 aromatic carbocycles. The van der Waals surface area contributed by atoms with Gasteiger partial charge in [-0.25, -0.2) is 4.39 Å². The Morgan fingerprint density at radius 2 is 1.71 bits per heavy atom. The minimum Gasteiger partial charge on any atom is -0.456 e. The van der Waals surface area contributed by atoms with Crippen molar-refractivity contribution in [3.8, 4) is 0 Å². The summed E-state index contributed by atoms with van der Waals surface area (Å²) < 4.78 is 18.4. The van der Waals surface area contributed by atoms with Crippen molar-refractivity contribution in [1.29, 1.82) is 0 Å². The predicted octanol–water partition coefficient (Wildman–Crippen LogP) is 3.63. The standard InChI is InChI=1S/C12H6FNO3/c13-7-1-3-9-10-4-2-8(14(15)16)6-12(10)17-11(9)5-7/h1-6H. The molecule has 0 atom stereocenters. The summed E-state index contributed by atoms with van der Waals surface area (Å²) in [7, 11) is 0. The van der Waals surface area contributed by atoms with Gasteiger partial charge in [0, 0.05) is 22.9 Å². The van der Waals surface area contributed by atoms with Gasteiger partial charge in [-0.3, -0.25) is 10.1 Å². The van der Waals surface area contributed by atoms with Gasteiger partial charge in [-0.1, -0.05) is 0 Å². The Morgan fingerprint density at radius 1 is 1.06 bits per heavy atom. The van der Waals surface area contributed by atoms with Gasteiger partial charge in [0.25, 0.3) is 5.69 Å². The zero-order valence-electron chi connectivity index (χ0n) is 8.51. The van der Waals surface area contributed by atoms with Crippen molar-refractivity contribution >= 4 is 27.6 Å². The van der Waals surface area contributed by atoms with Crippen LogP contribution in [0.5, 0.6) is 0 Å². The molecule has 0 fully saturated rings. The quantitative estimate of drug-likeness (QED) is 0.474. The minimum atomic E-state index is -0.493. The highest BCUT2D eigenvalue weighted by atomic mass is 19.1. The SMILES string of the molecule is O=[N+]([O-])c1ccc2c(c1)oc1cc(F)ccc12. The van der Waals surface area contributed by atoms with E-state index in [9.17, 15) is 14.5 Å². The van der Waals surface area contributed by atoms with Gasteiger partial charge >= 0.3 is 0 Å². The highest BCUT2D eigenvalue weighted by Gasteiger charge is 2.12. The van der Waals surface area contributed by atoms with Crippen LogP contribution < -0.4 is 0 Å². The number of nitrogens with zero attached hydrogens (tertiary/aromatic N) is 1. The van der Waals surface area contributed by atoms with Gasteiger partial charge in [0.15, 0.2) is 0 Å². The van der Waals surface area contributed by atoms with Crippen LogP contribution in [0.1, 0.15) is 0 Å². The van der Waals surface area contributed by atoms with Crippen molar-refractivity contribution in [3.63, 3.8) is 0 Å². The number of rotatable bonds is 1. The van der Waals surface area contributed by atoms with Gasteiger partial charge in [0.05, 0.1) is 11.0 Å². The molecule has 0 amide bonds. The van der Waals surface area contributed by atoms with E-state index in [1.165, 1.54) is 24.3 Å². The second-order valence-electron chi connectivity index (χ2n) is 3.68. The summed E-state index contributed by atoms with van der Waals surface area (Å²) in [5, 5.41) is 12.1. The van der Waals surface area contributed by atoms with E-state index < -0.39 is 10.7 Å². The molecule has 17 heavy (non-hydrogen) atoms.